The third-order valence-electron chi connectivity index (χ3n) is 3.25. The first-order chi connectivity index (χ1) is 8.88. The van der Waals surface area contributed by atoms with Crippen LogP contribution in [0.25, 0.3) is 0 Å². The minimum absolute atomic E-state index is 0.107. The van der Waals surface area contributed by atoms with Gasteiger partial charge in [0.25, 0.3) is 0 Å². The zero-order chi connectivity index (χ0) is 14.2. The van der Waals surface area contributed by atoms with Crippen LogP contribution in [0.4, 0.5) is 5.82 Å². The summed E-state index contributed by atoms with van der Waals surface area (Å²) in [5, 5.41) is 28.2. The number of nitrogens with zero attached hydrogens (tertiary/aromatic N) is 2. The number of rotatable bonds is 3. The van der Waals surface area contributed by atoms with Gasteiger partial charge in [-0.3, -0.25) is 0 Å². The largest absolute Gasteiger partial charge is 0.478 e. The van der Waals surface area contributed by atoms with E-state index >= 15 is 0 Å². The topological polar surface area (TPSA) is 93.9 Å². The van der Waals surface area contributed by atoms with Crippen molar-refractivity contribution < 1.29 is 20.1 Å². The van der Waals surface area contributed by atoms with Crippen LogP contribution in [0.15, 0.2) is 12.1 Å². The van der Waals surface area contributed by atoms with E-state index in [-0.39, 0.29) is 24.6 Å². The highest BCUT2D eigenvalue weighted by molar-refractivity contribution is 5.88. The number of carboxylic acids is 1. The molecule has 0 bridgehead atoms. The molecule has 0 saturated carbocycles. The maximum absolute atomic E-state index is 11.1. The highest BCUT2D eigenvalue weighted by Gasteiger charge is 2.31. The number of β-amino-alcohol motifs (C(OH)–C–C–N with tert-alkyl or cyclic N) is 2. The molecule has 0 spiro atoms. The monoisotopic (exact) mass is 266 g/mol. The van der Waals surface area contributed by atoms with Crippen molar-refractivity contribution in [3.8, 4) is 0 Å². The van der Waals surface area contributed by atoms with Crippen molar-refractivity contribution in [1.29, 1.82) is 0 Å². The number of pyridine rings is 1. The second-order valence-electron chi connectivity index (χ2n) is 5.14. The van der Waals surface area contributed by atoms with Gasteiger partial charge in [0, 0.05) is 18.8 Å². The maximum Gasteiger partial charge on any atom is 0.335 e. The van der Waals surface area contributed by atoms with Gasteiger partial charge in [-0.15, -0.1) is 0 Å². The molecular weight excluding hydrogens is 248 g/mol. The van der Waals surface area contributed by atoms with E-state index in [1.54, 1.807) is 11.0 Å². The minimum Gasteiger partial charge on any atom is -0.478 e. The van der Waals surface area contributed by atoms with Crippen LogP contribution in [0.5, 0.6) is 0 Å². The van der Waals surface area contributed by atoms with Gasteiger partial charge in [-0.1, -0.05) is 13.8 Å². The van der Waals surface area contributed by atoms with E-state index < -0.39 is 18.2 Å². The van der Waals surface area contributed by atoms with Gasteiger partial charge < -0.3 is 20.2 Å². The number of carboxylic acid groups (broad SMARTS) is 1. The molecule has 6 heteroatoms. The van der Waals surface area contributed by atoms with Crippen LogP contribution >= 0.6 is 0 Å². The molecule has 6 nitrogen and oxygen atoms in total. The standard InChI is InChI=1S/C13H18N2O4/c1-7(2)9-3-8(13(18)19)4-12(14-9)15-5-10(16)11(17)6-15/h3-4,7,10-11,16-17H,5-6H2,1-2H3,(H,18,19). The number of aromatic nitrogens is 1. The summed E-state index contributed by atoms with van der Waals surface area (Å²) in [5.74, 6) is -0.416. The molecule has 0 aliphatic carbocycles. The fourth-order valence-corrected chi connectivity index (χ4v) is 2.07. The van der Waals surface area contributed by atoms with E-state index in [0.717, 1.165) is 0 Å². The third-order valence-corrected chi connectivity index (χ3v) is 3.25. The Morgan fingerprint density at radius 1 is 1.32 bits per heavy atom. The Balaban J connectivity index is 2.37. The van der Waals surface area contributed by atoms with Gasteiger partial charge in [0.15, 0.2) is 0 Å². The highest BCUT2D eigenvalue weighted by atomic mass is 16.4. The van der Waals surface area contributed by atoms with E-state index in [2.05, 4.69) is 4.98 Å². The fourth-order valence-electron chi connectivity index (χ4n) is 2.07. The summed E-state index contributed by atoms with van der Waals surface area (Å²) in [6, 6.07) is 3.03. The molecule has 0 amide bonds. The number of aliphatic hydroxyl groups is 2. The van der Waals surface area contributed by atoms with Crippen LogP contribution in [0, 0.1) is 0 Å². The molecule has 2 unspecified atom stereocenters. The molecule has 1 aliphatic heterocycles. The summed E-state index contributed by atoms with van der Waals surface area (Å²) in [4.78, 5) is 17.2. The van der Waals surface area contributed by atoms with Gasteiger partial charge in [-0.2, -0.15) is 0 Å². The van der Waals surface area contributed by atoms with Crippen molar-refractivity contribution in [3.05, 3.63) is 23.4 Å². The highest BCUT2D eigenvalue weighted by Crippen LogP contribution is 2.23. The molecule has 0 radical (unpaired) electrons. The van der Waals surface area contributed by atoms with E-state index in [9.17, 15) is 15.0 Å². The van der Waals surface area contributed by atoms with Crippen molar-refractivity contribution in [1.82, 2.24) is 4.98 Å². The number of anilines is 1. The normalized spacial score (nSPS) is 23.1. The quantitative estimate of drug-likeness (QED) is 0.735. The van der Waals surface area contributed by atoms with Gasteiger partial charge in [0.2, 0.25) is 0 Å². The lowest BCUT2D eigenvalue weighted by Crippen LogP contribution is -2.23. The number of aromatic carboxylic acids is 1. The Labute approximate surface area is 111 Å². The number of aliphatic hydroxyl groups excluding tert-OH is 2. The molecule has 2 atom stereocenters. The minimum atomic E-state index is -1.01. The van der Waals surface area contributed by atoms with Crippen molar-refractivity contribution in [2.75, 3.05) is 18.0 Å². The number of carbonyl (C=O) groups is 1. The number of hydrogen-bond donors (Lipinski definition) is 3. The van der Waals surface area contributed by atoms with E-state index in [0.29, 0.717) is 11.5 Å². The Bertz CT molecular complexity index is 480. The zero-order valence-electron chi connectivity index (χ0n) is 10.9. The van der Waals surface area contributed by atoms with Gasteiger partial charge in [0.1, 0.15) is 5.82 Å². The number of hydrogen-bond acceptors (Lipinski definition) is 5. The lowest BCUT2D eigenvalue weighted by atomic mass is 10.1. The summed E-state index contributed by atoms with van der Waals surface area (Å²) in [6.45, 7) is 4.39. The third kappa shape index (κ3) is 2.85. The summed E-state index contributed by atoms with van der Waals surface area (Å²) in [6.07, 6.45) is -1.64. The first-order valence-corrected chi connectivity index (χ1v) is 6.25. The predicted octanol–water partition coefficient (Wildman–Crippen LogP) is 0.445. The van der Waals surface area contributed by atoms with Gasteiger partial charge in [-0.25, -0.2) is 9.78 Å². The van der Waals surface area contributed by atoms with Crippen LogP contribution in [-0.4, -0.2) is 51.6 Å². The smallest absolute Gasteiger partial charge is 0.335 e. The lowest BCUT2D eigenvalue weighted by Gasteiger charge is -2.19. The predicted molar refractivity (Wildman–Crippen MR) is 69.5 cm³/mol. The summed E-state index contributed by atoms with van der Waals surface area (Å²) < 4.78 is 0. The Morgan fingerprint density at radius 2 is 1.89 bits per heavy atom. The van der Waals surface area contributed by atoms with Crippen LogP contribution < -0.4 is 4.90 Å². The molecule has 0 aromatic carbocycles. The first kappa shape index (κ1) is 13.8. The van der Waals surface area contributed by atoms with Crippen molar-refractivity contribution in [2.45, 2.75) is 32.0 Å². The van der Waals surface area contributed by atoms with Crippen molar-refractivity contribution in [3.63, 3.8) is 0 Å². The van der Waals surface area contributed by atoms with Crippen molar-refractivity contribution >= 4 is 11.8 Å². The molecule has 2 heterocycles. The molecule has 3 N–H and O–H groups in total. The molecule has 1 aromatic heterocycles. The molecule has 1 saturated heterocycles. The molecule has 1 aliphatic rings. The van der Waals surface area contributed by atoms with Crippen LogP contribution in [0.3, 0.4) is 0 Å². The van der Waals surface area contributed by atoms with Gasteiger partial charge >= 0.3 is 5.97 Å². The van der Waals surface area contributed by atoms with Crippen molar-refractivity contribution in [2.24, 2.45) is 0 Å². The molecule has 104 valence electrons. The van der Waals surface area contributed by atoms with E-state index in [1.807, 2.05) is 13.8 Å². The maximum atomic E-state index is 11.1. The molecule has 1 fully saturated rings. The van der Waals surface area contributed by atoms with Crippen LogP contribution in [0.1, 0.15) is 35.8 Å². The second-order valence-corrected chi connectivity index (χ2v) is 5.14. The van der Waals surface area contributed by atoms with Gasteiger partial charge in [-0.05, 0) is 18.1 Å². The SMILES string of the molecule is CC(C)c1cc(C(=O)O)cc(N2CC(O)C(O)C2)n1. The van der Waals surface area contributed by atoms with E-state index in [4.69, 9.17) is 5.11 Å². The molecule has 19 heavy (non-hydrogen) atoms. The molecular formula is C13H18N2O4. The van der Waals surface area contributed by atoms with Crippen LogP contribution in [-0.2, 0) is 0 Å². The second kappa shape index (κ2) is 5.14. The molecule has 2 rings (SSSR count). The first-order valence-electron chi connectivity index (χ1n) is 6.25. The zero-order valence-corrected chi connectivity index (χ0v) is 10.9. The Kier molecular flexibility index (Phi) is 3.73. The van der Waals surface area contributed by atoms with Gasteiger partial charge in [0.05, 0.1) is 17.8 Å². The van der Waals surface area contributed by atoms with Crippen LogP contribution in [0.2, 0.25) is 0 Å². The average Bonchev–Trinajstić information content (AvgIpc) is 2.69. The molecule has 1 aromatic rings. The Morgan fingerprint density at radius 3 is 2.37 bits per heavy atom. The summed E-state index contributed by atoms with van der Waals surface area (Å²) in [7, 11) is 0. The summed E-state index contributed by atoms with van der Waals surface area (Å²) in [5.41, 5.74) is 0.857. The van der Waals surface area contributed by atoms with E-state index in [1.165, 1.54) is 6.07 Å². The lowest BCUT2D eigenvalue weighted by molar-refractivity contribution is 0.0572. The fraction of sp³-hybridized carbons (Fsp3) is 0.538. The average molecular weight is 266 g/mol. The summed E-state index contributed by atoms with van der Waals surface area (Å²) >= 11 is 0. The Hall–Kier alpha value is -1.66.